The Hall–Kier alpha value is -5.57. The molecule has 230 valence electrons. The van der Waals surface area contributed by atoms with Gasteiger partial charge in [0.1, 0.15) is 28.7 Å². The fourth-order valence-corrected chi connectivity index (χ4v) is 4.62. The van der Waals surface area contributed by atoms with E-state index < -0.39 is 11.9 Å². The number of amides is 1. The van der Waals surface area contributed by atoms with Gasteiger partial charge in [-0.3, -0.25) is 4.79 Å². The third-order valence-electron chi connectivity index (χ3n) is 6.55. The molecular formula is C36H35N3O6. The predicted molar refractivity (Wildman–Crippen MR) is 173 cm³/mol. The van der Waals surface area contributed by atoms with Crippen molar-refractivity contribution in [1.29, 1.82) is 0 Å². The number of para-hydroxylation sites is 1. The van der Waals surface area contributed by atoms with E-state index in [0.717, 1.165) is 0 Å². The van der Waals surface area contributed by atoms with E-state index >= 15 is 0 Å². The zero-order chi connectivity index (χ0) is 31.9. The van der Waals surface area contributed by atoms with Gasteiger partial charge in [-0.25, -0.2) is 9.48 Å². The number of hydrogen-bond donors (Lipinski definition) is 1. The van der Waals surface area contributed by atoms with E-state index in [2.05, 4.69) is 10.4 Å². The van der Waals surface area contributed by atoms with E-state index in [1.54, 1.807) is 28.9 Å². The largest absolute Gasteiger partial charge is 0.491 e. The highest BCUT2D eigenvalue weighted by Crippen LogP contribution is 2.36. The maximum Gasteiger partial charge on any atom is 0.360 e. The average Bonchev–Trinajstić information content (AvgIpc) is 3.40. The van der Waals surface area contributed by atoms with E-state index in [9.17, 15) is 9.59 Å². The Balaban J connectivity index is 1.57. The zero-order valence-electron chi connectivity index (χ0n) is 25.8. The van der Waals surface area contributed by atoms with Crippen LogP contribution in [0.2, 0.25) is 0 Å². The van der Waals surface area contributed by atoms with Crippen molar-refractivity contribution in [2.45, 2.75) is 39.9 Å². The lowest BCUT2D eigenvalue weighted by Crippen LogP contribution is -2.15. The second-order valence-corrected chi connectivity index (χ2v) is 10.7. The fourth-order valence-electron chi connectivity index (χ4n) is 4.62. The number of carbonyl (C=O) groups excluding carboxylic acids is 2. The van der Waals surface area contributed by atoms with Gasteiger partial charge in [-0.1, -0.05) is 18.2 Å². The number of methoxy groups -OCH3 is 1. The third-order valence-corrected chi connectivity index (χ3v) is 6.55. The van der Waals surface area contributed by atoms with E-state index in [0.29, 0.717) is 45.5 Å². The Kier molecular flexibility index (Phi) is 9.48. The lowest BCUT2D eigenvalue weighted by molar-refractivity contribution is 0.0594. The van der Waals surface area contributed by atoms with Crippen molar-refractivity contribution in [2.24, 2.45) is 0 Å². The van der Waals surface area contributed by atoms with Crippen LogP contribution in [0.25, 0.3) is 16.9 Å². The third kappa shape index (κ3) is 7.51. The molecule has 0 radical (unpaired) electrons. The molecule has 0 aliphatic heterocycles. The number of nitrogens with zero attached hydrogens (tertiary/aromatic N) is 2. The lowest BCUT2D eigenvalue weighted by atomic mass is 10.1. The molecule has 5 rings (SSSR count). The maximum absolute atomic E-state index is 13.6. The number of ether oxygens (including phenoxy) is 4. The van der Waals surface area contributed by atoms with Gasteiger partial charge in [0, 0.05) is 11.1 Å². The van der Waals surface area contributed by atoms with E-state index in [1.165, 1.54) is 7.11 Å². The van der Waals surface area contributed by atoms with Gasteiger partial charge in [0.2, 0.25) is 0 Å². The SMILES string of the molecule is COC(=O)c1nn(-c2ccc(Oc3ccccc3)cc2)c(-c2ccc(OC(C)C)cc2)c1NC(=O)c1ccc(OC(C)C)cc1. The Morgan fingerprint density at radius 1 is 0.689 bits per heavy atom. The van der Waals surface area contributed by atoms with Gasteiger partial charge in [0.15, 0.2) is 5.69 Å². The highest BCUT2D eigenvalue weighted by atomic mass is 16.5. The van der Waals surface area contributed by atoms with Crippen molar-refractivity contribution in [2.75, 3.05) is 12.4 Å². The first kappa shape index (κ1) is 30.9. The molecule has 0 bridgehead atoms. The molecule has 0 aliphatic carbocycles. The van der Waals surface area contributed by atoms with Gasteiger partial charge in [-0.05, 0) is 113 Å². The van der Waals surface area contributed by atoms with Crippen LogP contribution in [0.4, 0.5) is 5.69 Å². The lowest BCUT2D eigenvalue weighted by Gasteiger charge is -2.14. The van der Waals surface area contributed by atoms with Gasteiger partial charge in [0.05, 0.1) is 30.7 Å². The number of hydrogen-bond acceptors (Lipinski definition) is 7. The number of nitrogens with one attached hydrogen (secondary N) is 1. The summed E-state index contributed by atoms with van der Waals surface area (Å²) in [6, 6.07) is 30.9. The molecule has 45 heavy (non-hydrogen) atoms. The Bertz CT molecular complexity index is 1740. The van der Waals surface area contributed by atoms with Gasteiger partial charge in [0.25, 0.3) is 5.91 Å². The highest BCUT2D eigenvalue weighted by molar-refractivity contribution is 6.10. The molecule has 1 heterocycles. The first-order valence-corrected chi connectivity index (χ1v) is 14.6. The monoisotopic (exact) mass is 605 g/mol. The molecule has 9 nitrogen and oxygen atoms in total. The zero-order valence-corrected chi connectivity index (χ0v) is 25.8. The number of aromatic nitrogens is 2. The molecule has 0 spiro atoms. The molecule has 0 saturated carbocycles. The molecule has 0 atom stereocenters. The molecular weight excluding hydrogens is 570 g/mol. The van der Waals surface area contributed by atoms with Crippen LogP contribution in [-0.2, 0) is 4.74 Å². The number of carbonyl (C=O) groups is 2. The molecule has 0 fully saturated rings. The van der Waals surface area contributed by atoms with E-state index in [1.807, 2.05) is 107 Å². The topological polar surface area (TPSA) is 101 Å². The Morgan fingerprint density at radius 2 is 1.22 bits per heavy atom. The molecule has 1 amide bonds. The van der Waals surface area contributed by atoms with Crippen molar-refractivity contribution < 1.29 is 28.5 Å². The Labute approximate surface area is 262 Å². The van der Waals surface area contributed by atoms with Crippen LogP contribution in [0.1, 0.15) is 48.5 Å². The van der Waals surface area contributed by atoms with Crippen molar-refractivity contribution >= 4 is 17.6 Å². The van der Waals surface area contributed by atoms with Crippen LogP contribution in [0, 0.1) is 0 Å². The van der Waals surface area contributed by atoms with Crippen LogP contribution in [-0.4, -0.2) is 41.0 Å². The first-order chi connectivity index (χ1) is 21.7. The van der Waals surface area contributed by atoms with Crippen LogP contribution >= 0.6 is 0 Å². The molecule has 0 aliphatic rings. The number of esters is 1. The molecule has 4 aromatic carbocycles. The van der Waals surface area contributed by atoms with E-state index in [-0.39, 0.29) is 23.6 Å². The normalized spacial score (nSPS) is 10.9. The van der Waals surface area contributed by atoms with Crippen molar-refractivity contribution in [3.05, 3.63) is 114 Å². The van der Waals surface area contributed by atoms with Crippen molar-refractivity contribution in [3.8, 4) is 39.9 Å². The fraction of sp³-hybridized carbons (Fsp3) is 0.194. The minimum Gasteiger partial charge on any atom is -0.491 e. The van der Waals surface area contributed by atoms with Gasteiger partial charge < -0.3 is 24.3 Å². The van der Waals surface area contributed by atoms with Gasteiger partial charge in [-0.15, -0.1) is 0 Å². The van der Waals surface area contributed by atoms with Crippen LogP contribution < -0.4 is 19.5 Å². The summed E-state index contributed by atoms with van der Waals surface area (Å²) in [5.41, 5.74) is 2.34. The summed E-state index contributed by atoms with van der Waals surface area (Å²) in [4.78, 5) is 26.6. The second-order valence-electron chi connectivity index (χ2n) is 10.7. The summed E-state index contributed by atoms with van der Waals surface area (Å²) in [5, 5.41) is 7.57. The highest BCUT2D eigenvalue weighted by Gasteiger charge is 2.27. The van der Waals surface area contributed by atoms with Crippen molar-refractivity contribution in [1.82, 2.24) is 9.78 Å². The smallest absolute Gasteiger partial charge is 0.360 e. The molecule has 0 saturated heterocycles. The average molecular weight is 606 g/mol. The Morgan fingerprint density at radius 3 is 1.78 bits per heavy atom. The van der Waals surface area contributed by atoms with Crippen LogP contribution in [0.5, 0.6) is 23.0 Å². The first-order valence-electron chi connectivity index (χ1n) is 14.6. The van der Waals surface area contributed by atoms with Gasteiger partial charge in [-0.2, -0.15) is 5.10 Å². The molecule has 1 N–H and O–H groups in total. The van der Waals surface area contributed by atoms with E-state index in [4.69, 9.17) is 18.9 Å². The maximum atomic E-state index is 13.6. The summed E-state index contributed by atoms with van der Waals surface area (Å²) < 4.78 is 24.2. The second kappa shape index (κ2) is 13.8. The summed E-state index contributed by atoms with van der Waals surface area (Å²) >= 11 is 0. The summed E-state index contributed by atoms with van der Waals surface area (Å²) in [6.45, 7) is 7.76. The predicted octanol–water partition coefficient (Wildman–Crippen LogP) is 7.94. The molecule has 0 unspecified atom stereocenters. The van der Waals surface area contributed by atoms with Gasteiger partial charge >= 0.3 is 5.97 Å². The van der Waals surface area contributed by atoms with Crippen molar-refractivity contribution in [3.63, 3.8) is 0 Å². The number of benzene rings is 4. The molecule has 5 aromatic rings. The number of anilines is 1. The number of rotatable bonds is 11. The summed E-state index contributed by atoms with van der Waals surface area (Å²) in [6.07, 6.45) is -0.00641. The summed E-state index contributed by atoms with van der Waals surface area (Å²) in [5.74, 6) is 1.53. The summed E-state index contributed by atoms with van der Waals surface area (Å²) in [7, 11) is 1.27. The minimum atomic E-state index is -0.699. The minimum absolute atomic E-state index is 0.00279. The van der Waals surface area contributed by atoms with Crippen LogP contribution in [0.15, 0.2) is 103 Å². The van der Waals surface area contributed by atoms with Crippen LogP contribution in [0.3, 0.4) is 0 Å². The quantitative estimate of drug-likeness (QED) is 0.153. The molecule has 1 aromatic heterocycles. The standard InChI is InChI=1S/C36H35N3O6/c1-23(2)43-29-17-11-25(12-18-29)34-32(37-35(40)26-13-19-30(20-14-26)44-24(3)4)33(36(41)42-5)38-39(34)27-15-21-31(22-16-27)45-28-9-7-6-8-10-28/h6-24H,1-5H3,(H,37,40). The molecule has 9 heteroatoms.